The zero-order valence-electron chi connectivity index (χ0n) is 8.75. The molecular formula is C11H13ClN2O. The lowest BCUT2D eigenvalue weighted by atomic mass is 9.95. The van der Waals surface area contributed by atoms with Crippen LogP contribution in [-0.2, 0) is 10.3 Å². The van der Waals surface area contributed by atoms with Gasteiger partial charge in [-0.25, -0.2) is 0 Å². The van der Waals surface area contributed by atoms with E-state index in [0.29, 0.717) is 5.02 Å². The minimum Gasteiger partial charge on any atom is -0.344 e. The van der Waals surface area contributed by atoms with Gasteiger partial charge >= 0.3 is 0 Å². The first-order chi connectivity index (χ1) is 6.97. The maximum atomic E-state index is 11.2. The van der Waals surface area contributed by atoms with Crippen molar-refractivity contribution in [2.75, 3.05) is 0 Å². The van der Waals surface area contributed by atoms with E-state index < -0.39 is 5.54 Å². The fourth-order valence-electron chi connectivity index (χ4n) is 1.31. The second-order valence-corrected chi connectivity index (χ2v) is 4.08. The highest BCUT2D eigenvalue weighted by Crippen LogP contribution is 2.26. The Morgan fingerprint density at radius 3 is 2.87 bits per heavy atom. The summed E-state index contributed by atoms with van der Waals surface area (Å²) in [5, 5.41) is 3.33. The SMILES string of the molecule is C=CC(=O)NC(C)(C)c1ccncc1Cl. The van der Waals surface area contributed by atoms with Gasteiger partial charge < -0.3 is 5.32 Å². The number of hydrogen-bond acceptors (Lipinski definition) is 2. The van der Waals surface area contributed by atoms with E-state index in [1.54, 1.807) is 18.5 Å². The van der Waals surface area contributed by atoms with Gasteiger partial charge in [-0.1, -0.05) is 18.2 Å². The third kappa shape index (κ3) is 2.80. The summed E-state index contributed by atoms with van der Waals surface area (Å²) in [5.74, 6) is -0.229. The van der Waals surface area contributed by atoms with E-state index in [-0.39, 0.29) is 5.91 Å². The molecule has 0 aliphatic heterocycles. The smallest absolute Gasteiger partial charge is 0.244 e. The van der Waals surface area contributed by atoms with Gasteiger partial charge in [0.05, 0.1) is 10.6 Å². The van der Waals surface area contributed by atoms with Crippen LogP contribution in [0.2, 0.25) is 5.02 Å². The molecule has 0 atom stereocenters. The number of rotatable bonds is 3. The summed E-state index contributed by atoms with van der Waals surface area (Å²) in [5.41, 5.74) is 0.292. The van der Waals surface area contributed by atoms with Gasteiger partial charge in [-0.3, -0.25) is 9.78 Å². The Balaban J connectivity index is 3.00. The van der Waals surface area contributed by atoms with Crippen molar-refractivity contribution in [1.29, 1.82) is 0 Å². The predicted octanol–water partition coefficient (Wildman–Crippen LogP) is 2.27. The van der Waals surface area contributed by atoms with Gasteiger partial charge in [-0.2, -0.15) is 0 Å². The van der Waals surface area contributed by atoms with Crippen molar-refractivity contribution in [2.24, 2.45) is 0 Å². The Morgan fingerprint density at radius 1 is 1.67 bits per heavy atom. The quantitative estimate of drug-likeness (QED) is 0.801. The second-order valence-electron chi connectivity index (χ2n) is 3.67. The highest BCUT2D eigenvalue weighted by molar-refractivity contribution is 6.31. The molecule has 1 N–H and O–H groups in total. The van der Waals surface area contributed by atoms with Gasteiger partial charge in [0.25, 0.3) is 0 Å². The molecule has 1 rings (SSSR count). The number of nitrogens with one attached hydrogen (secondary N) is 1. The summed E-state index contributed by atoms with van der Waals surface area (Å²) in [6.07, 6.45) is 4.43. The molecule has 0 bridgehead atoms. The van der Waals surface area contributed by atoms with Gasteiger partial charge in [0, 0.05) is 12.4 Å². The number of amides is 1. The van der Waals surface area contributed by atoms with Gasteiger partial charge in [-0.05, 0) is 31.6 Å². The summed E-state index contributed by atoms with van der Waals surface area (Å²) in [7, 11) is 0. The van der Waals surface area contributed by atoms with Crippen LogP contribution in [0, 0.1) is 0 Å². The molecule has 0 aliphatic carbocycles. The lowest BCUT2D eigenvalue weighted by molar-refractivity contribution is -0.118. The van der Waals surface area contributed by atoms with Gasteiger partial charge in [0.15, 0.2) is 0 Å². The van der Waals surface area contributed by atoms with Crippen molar-refractivity contribution in [1.82, 2.24) is 10.3 Å². The minimum atomic E-state index is -0.536. The number of pyridine rings is 1. The molecule has 3 nitrogen and oxygen atoms in total. The van der Waals surface area contributed by atoms with Crippen molar-refractivity contribution < 1.29 is 4.79 Å². The van der Waals surface area contributed by atoms with E-state index in [4.69, 9.17) is 11.6 Å². The molecule has 0 saturated heterocycles. The van der Waals surface area contributed by atoms with Gasteiger partial charge in [0.2, 0.25) is 5.91 Å². The molecule has 1 aromatic rings. The molecule has 15 heavy (non-hydrogen) atoms. The first kappa shape index (κ1) is 11.7. The lowest BCUT2D eigenvalue weighted by Gasteiger charge is -2.26. The Kier molecular flexibility index (Phi) is 3.48. The minimum absolute atomic E-state index is 0.229. The molecule has 0 spiro atoms. The van der Waals surface area contributed by atoms with Crippen LogP contribution in [0.25, 0.3) is 0 Å². The van der Waals surface area contributed by atoms with Crippen LogP contribution in [-0.4, -0.2) is 10.9 Å². The third-order valence-corrected chi connectivity index (χ3v) is 2.37. The summed E-state index contributed by atoms with van der Waals surface area (Å²) >= 11 is 6.00. The van der Waals surface area contributed by atoms with E-state index in [0.717, 1.165) is 5.56 Å². The average molecular weight is 225 g/mol. The molecule has 1 heterocycles. The topological polar surface area (TPSA) is 42.0 Å². The molecule has 1 amide bonds. The molecular weight excluding hydrogens is 212 g/mol. The summed E-state index contributed by atoms with van der Waals surface area (Å²) in [6, 6.07) is 1.78. The lowest BCUT2D eigenvalue weighted by Crippen LogP contribution is -2.40. The van der Waals surface area contributed by atoms with Gasteiger partial charge in [0.1, 0.15) is 0 Å². The fourth-order valence-corrected chi connectivity index (χ4v) is 1.66. The van der Waals surface area contributed by atoms with Crippen molar-refractivity contribution in [2.45, 2.75) is 19.4 Å². The van der Waals surface area contributed by atoms with E-state index in [1.807, 2.05) is 13.8 Å². The standard InChI is InChI=1S/C11H13ClN2O/c1-4-10(15)14-11(2,3)8-5-6-13-7-9(8)12/h4-7H,1H2,2-3H3,(H,14,15). The van der Waals surface area contributed by atoms with E-state index in [1.165, 1.54) is 6.08 Å². The van der Waals surface area contributed by atoms with Crippen molar-refractivity contribution >= 4 is 17.5 Å². The van der Waals surface area contributed by atoms with Crippen molar-refractivity contribution in [3.05, 3.63) is 41.7 Å². The van der Waals surface area contributed by atoms with E-state index in [2.05, 4.69) is 16.9 Å². The second kappa shape index (κ2) is 4.45. The molecule has 1 aromatic heterocycles. The van der Waals surface area contributed by atoms with Crippen molar-refractivity contribution in [3.63, 3.8) is 0 Å². The molecule has 0 fully saturated rings. The van der Waals surface area contributed by atoms with Crippen LogP contribution < -0.4 is 5.32 Å². The average Bonchev–Trinajstić information content (AvgIpc) is 2.17. The Labute approximate surface area is 94.2 Å². The third-order valence-electron chi connectivity index (χ3n) is 2.07. The van der Waals surface area contributed by atoms with E-state index in [9.17, 15) is 4.79 Å². The van der Waals surface area contributed by atoms with Crippen LogP contribution in [0.1, 0.15) is 19.4 Å². The normalized spacial score (nSPS) is 10.9. The number of nitrogens with zero attached hydrogens (tertiary/aromatic N) is 1. The number of halogens is 1. The Bertz CT molecular complexity index is 388. The van der Waals surface area contributed by atoms with Crippen LogP contribution in [0.15, 0.2) is 31.1 Å². The largest absolute Gasteiger partial charge is 0.344 e. The maximum absolute atomic E-state index is 11.2. The van der Waals surface area contributed by atoms with Crippen LogP contribution in [0.4, 0.5) is 0 Å². The summed E-state index contributed by atoms with van der Waals surface area (Å²) in [6.45, 7) is 7.14. The fraction of sp³-hybridized carbons (Fsp3) is 0.273. The zero-order valence-corrected chi connectivity index (χ0v) is 9.51. The highest BCUT2D eigenvalue weighted by atomic mass is 35.5. The molecule has 0 aliphatic rings. The van der Waals surface area contributed by atoms with Crippen molar-refractivity contribution in [3.8, 4) is 0 Å². The first-order valence-electron chi connectivity index (χ1n) is 4.52. The van der Waals surface area contributed by atoms with E-state index >= 15 is 0 Å². The van der Waals surface area contributed by atoms with Crippen LogP contribution >= 0.6 is 11.6 Å². The Hall–Kier alpha value is -1.35. The first-order valence-corrected chi connectivity index (χ1v) is 4.90. The highest BCUT2D eigenvalue weighted by Gasteiger charge is 2.24. The number of hydrogen-bond donors (Lipinski definition) is 1. The number of carbonyl (C=O) groups excluding carboxylic acids is 1. The molecule has 80 valence electrons. The summed E-state index contributed by atoms with van der Waals surface area (Å²) in [4.78, 5) is 15.1. The number of aromatic nitrogens is 1. The van der Waals surface area contributed by atoms with Gasteiger partial charge in [-0.15, -0.1) is 0 Å². The zero-order chi connectivity index (χ0) is 11.5. The molecule has 0 radical (unpaired) electrons. The maximum Gasteiger partial charge on any atom is 0.244 e. The van der Waals surface area contributed by atoms with Crippen LogP contribution in [0.3, 0.4) is 0 Å². The monoisotopic (exact) mass is 224 g/mol. The molecule has 0 saturated carbocycles. The molecule has 0 unspecified atom stereocenters. The summed E-state index contributed by atoms with van der Waals surface area (Å²) < 4.78 is 0. The predicted molar refractivity (Wildman–Crippen MR) is 60.6 cm³/mol. The number of carbonyl (C=O) groups is 1. The molecule has 4 heteroatoms. The Morgan fingerprint density at radius 2 is 2.33 bits per heavy atom. The van der Waals surface area contributed by atoms with Crippen LogP contribution in [0.5, 0.6) is 0 Å². The molecule has 0 aromatic carbocycles.